The highest BCUT2D eigenvalue weighted by Crippen LogP contribution is 2.36. The van der Waals surface area contributed by atoms with Crippen molar-refractivity contribution in [2.45, 2.75) is 10.1 Å². The number of likely N-dealkylation sites (N-methyl/N-ethyl adjacent to an activating group) is 1. The average Bonchev–Trinajstić information content (AvgIpc) is 3.37. The Morgan fingerprint density at radius 2 is 1.92 bits per heavy atom. The number of rotatable bonds is 9. The van der Waals surface area contributed by atoms with Gasteiger partial charge in [0.1, 0.15) is 11.9 Å². The van der Waals surface area contributed by atoms with Crippen molar-refractivity contribution in [1.82, 2.24) is 19.5 Å². The summed E-state index contributed by atoms with van der Waals surface area (Å²) < 4.78 is 7.09. The first kappa shape index (κ1) is 26.5. The van der Waals surface area contributed by atoms with Crippen LogP contribution in [0.2, 0.25) is 5.02 Å². The Labute approximate surface area is 236 Å². The van der Waals surface area contributed by atoms with Gasteiger partial charge >= 0.3 is 0 Å². The van der Waals surface area contributed by atoms with E-state index >= 15 is 0 Å². The van der Waals surface area contributed by atoms with Crippen LogP contribution in [0.25, 0.3) is 22.0 Å². The molecule has 0 bridgehead atoms. The molecular weight excluding hydrogens is 530 g/mol. The number of aryl methyl sites for hydroxylation is 1. The Kier molecular flexibility index (Phi) is 7.98. The second-order valence-electron chi connectivity index (χ2n) is 8.90. The number of hydrogen-bond acceptors (Lipinski definition) is 8. The van der Waals surface area contributed by atoms with Gasteiger partial charge in [-0.05, 0) is 42.0 Å². The number of hydrogen-bond donors (Lipinski definition) is 1. The van der Waals surface area contributed by atoms with Gasteiger partial charge in [0.15, 0.2) is 5.16 Å². The number of nitrogens with one attached hydrogen (secondary N) is 1. The molecule has 10 heteroatoms. The third kappa shape index (κ3) is 5.83. The van der Waals surface area contributed by atoms with E-state index in [-0.39, 0.29) is 0 Å². The maximum absolute atomic E-state index is 9.79. The number of nitrogens with zero attached hydrogens (tertiary/aromatic N) is 6. The van der Waals surface area contributed by atoms with Crippen molar-refractivity contribution in [3.63, 3.8) is 0 Å². The normalized spacial score (nSPS) is 10.9. The molecule has 0 amide bonds. The van der Waals surface area contributed by atoms with Crippen LogP contribution in [0.5, 0.6) is 0 Å². The fourth-order valence-electron chi connectivity index (χ4n) is 4.07. The first-order valence-corrected chi connectivity index (χ1v) is 13.4. The minimum absolute atomic E-state index is 0.447. The van der Waals surface area contributed by atoms with Crippen molar-refractivity contribution in [3.05, 3.63) is 83.9 Å². The zero-order chi connectivity index (χ0) is 27.4. The highest BCUT2D eigenvalue weighted by atomic mass is 35.5. The van der Waals surface area contributed by atoms with Crippen LogP contribution in [0.1, 0.15) is 5.56 Å². The third-order valence-corrected chi connectivity index (χ3v) is 7.85. The molecule has 3 aromatic heterocycles. The first-order chi connectivity index (χ1) is 19.0. The van der Waals surface area contributed by atoms with E-state index in [1.165, 1.54) is 11.8 Å². The Morgan fingerprint density at radius 1 is 1.08 bits per heavy atom. The predicted octanol–water partition coefficient (Wildman–Crippen LogP) is 6.53. The van der Waals surface area contributed by atoms with Gasteiger partial charge in [-0.3, -0.25) is 4.98 Å². The van der Waals surface area contributed by atoms with Crippen LogP contribution in [0, 0.1) is 11.3 Å². The van der Waals surface area contributed by atoms with Gasteiger partial charge in [-0.2, -0.15) is 5.26 Å². The zero-order valence-corrected chi connectivity index (χ0v) is 23.3. The number of benzene rings is 2. The molecule has 196 valence electrons. The van der Waals surface area contributed by atoms with E-state index < -0.39 is 0 Å². The molecule has 0 unspecified atom stereocenters. The summed E-state index contributed by atoms with van der Waals surface area (Å²) in [6.45, 7) is 1.40. The molecule has 1 N–H and O–H groups in total. The number of ether oxygens (including phenoxy) is 1. The van der Waals surface area contributed by atoms with Gasteiger partial charge in [-0.25, -0.2) is 9.97 Å². The number of pyridine rings is 2. The third-order valence-electron chi connectivity index (χ3n) is 6.27. The largest absolute Gasteiger partial charge is 0.383 e. The monoisotopic (exact) mass is 555 g/mol. The topological polar surface area (TPSA) is 91.9 Å². The summed E-state index contributed by atoms with van der Waals surface area (Å²) in [6, 6.07) is 18.0. The standard InChI is InChI=1S/C29H26ClN7OS/c1-36(12-13-38-3)27-9-5-20(17-34-27)19-4-7-23-25(14-19)33-18-21(16-31)28(23)35-22-6-8-26(24(30)15-22)39-29-32-10-11-37(29)2/h4-11,14-15,17-18H,12-13H2,1-3H3,(H,33,35). The lowest BCUT2D eigenvalue weighted by molar-refractivity contribution is 0.206. The number of fused-ring (bicyclic) bond motifs is 1. The second-order valence-corrected chi connectivity index (χ2v) is 10.3. The number of nitriles is 1. The number of imidazole rings is 1. The maximum Gasteiger partial charge on any atom is 0.172 e. The molecular formula is C29H26ClN7OS. The summed E-state index contributed by atoms with van der Waals surface area (Å²) in [7, 11) is 5.62. The van der Waals surface area contributed by atoms with E-state index in [1.54, 1.807) is 19.5 Å². The van der Waals surface area contributed by atoms with Gasteiger partial charge in [-0.15, -0.1) is 0 Å². The Hall–Kier alpha value is -4.10. The molecule has 5 aromatic rings. The molecule has 0 aliphatic rings. The van der Waals surface area contributed by atoms with E-state index in [0.717, 1.165) is 50.1 Å². The zero-order valence-electron chi connectivity index (χ0n) is 21.7. The van der Waals surface area contributed by atoms with Gasteiger partial charge in [0.05, 0.1) is 28.4 Å². The van der Waals surface area contributed by atoms with E-state index in [0.29, 0.717) is 22.9 Å². The minimum Gasteiger partial charge on any atom is -0.383 e. The lowest BCUT2D eigenvalue weighted by atomic mass is 10.0. The molecule has 0 spiro atoms. The molecule has 0 aliphatic heterocycles. The van der Waals surface area contributed by atoms with E-state index in [4.69, 9.17) is 16.3 Å². The number of aromatic nitrogens is 4. The fraction of sp³-hybridized carbons (Fsp3) is 0.172. The first-order valence-electron chi connectivity index (χ1n) is 12.2. The Morgan fingerprint density at radius 3 is 2.62 bits per heavy atom. The molecule has 0 atom stereocenters. The van der Waals surface area contributed by atoms with E-state index in [1.807, 2.05) is 84.5 Å². The summed E-state index contributed by atoms with van der Waals surface area (Å²) in [5.74, 6) is 0.878. The predicted molar refractivity (Wildman–Crippen MR) is 157 cm³/mol. The molecule has 0 fully saturated rings. The van der Waals surface area contributed by atoms with Crippen LogP contribution in [0.3, 0.4) is 0 Å². The minimum atomic E-state index is 0.447. The van der Waals surface area contributed by atoms with Crippen molar-refractivity contribution in [3.8, 4) is 17.2 Å². The lowest BCUT2D eigenvalue weighted by Gasteiger charge is -2.17. The van der Waals surface area contributed by atoms with Gasteiger partial charge < -0.3 is 19.5 Å². The number of anilines is 3. The molecule has 0 saturated heterocycles. The van der Waals surface area contributed by atoms with Crippen LogP contribution in [-0.4, -0.2) is 46.8 Å². The number of halogens is 1. The van der Waals surface area contributed by atoms with Crippen molar-refractivity contribution >= 4 is 51.5 Å². The molecule has 2 aromatic carbocycles. The molecule has 0 radical (unpaired) electrons. The molecule has 5 rings (SSSR count). The van der Waals surface area contributed by atoms with Gasteiger partial charge in [0, 0.05) is 74.1 Å². The van der Waals surface area contributed by atoms with Crippen LogP contribution < -0.4 is 10.2 Å². The van der Waals surface area contributed by atoms with Crippen molar-refractivity contribution in [1.29, 1.82) is 5.26 Å². The van der Waals surface area contributed by atoms with Crippen LogP contribution in [-0.2, 0) is 11.8 Å². The smallest absolute Gasteiger partial charge is 0.172 e. The highest BCUT2D eigenvalue weighted by molar-refractivity contribution is 7.99. The summed E-state index contributed by atoms with van der Waals surface area (Å²) in [5.41, 5.74) is 4.64. The lowest BCUT2D eigenvalue weighted by Crippen LogP contribution is -2.22. The summed E-state index contributed by atoms with van der Waals surface area (Å²) >= 11 is 8.10. The Balaban J connectivity index is 1.41. The summed E-state index contributed by atoms with van der Waals surface area (Å²) in [6.07, 6.45) is 7.09. The maximum atomic E-state index is 9.79. The van der Waals surface area contributed by atoms with Gasteiger partial charge in [-0.1, -0.05) is 35.5 Å². The number of methoxy groups -OCH3 is 1. The summed E-state index contributed by atoms with van der Waals surface area (Å²) in [4.78, 5) is 16.5. The fourth-order valence-corrected chi connectivity index (χ4v) is 5.18. The quantitative estimate of drug-likeness (QED) is 0.219. The van der Waals surface area contributed by atoms with Crippen molar-refractivity contribution < 1.29 is 4.74 Å². The molecule has 3 heterocycles. The highest BCUT2D eigenvalue weighted by Gasteiger charge is 2.13. The molecule has 8 nitrogen and oxygen atoms in total. The average molecular weight is 556 g/mol. The van der Waals surface area contributed by atoms with Gasteiger partial charge in [0.2, 0.25) is 0 Å². The van der Waals surface area contributed by atoms with Crippen LogP contribution in [0.4, 0.5) is 17.2 Å². The van der Waals surface area contributed by atoms with Crippen molar-refractivity contribution in [2.75, 3.05) is 37.5 Å². The van der Waals surface area contributed by atoms with Crippen molar-refractivity contribution in [2.24, 2.45) is 7.05 Å². The van der Waals surface area contributed by atoms with E-state index in [9.17, 15) is 5.26 Å². The second kappa shape index (κ2) is 11.7. The van der Waals surface area contributed by atoms with E-state index in [2.05, 4.69) is 26.3 Å². The molecule has 0 aliphatic carbocycles. The SMILES string of the molecule is COCCN(C)c1ccc(-c2ccc3c(Nc4ccc(Sc5nccn5C)c(Cl)c4)c(C#N)cnc3c2)cn1. The summed E-state index contributed by atoms with van der Waals surface area (Å²) in [5, 5.41) is 15.5. The van der Waals surface area contributed by atoms with Gasteiger partial charge in [0.25, 0.3) is 0 Å². The van der Waals surface area contributed by atoms with Crippen LogP contribution in [0.15, 0.2) is 83.4 Å². The Bertz CT molecular complexity index is 1660. The van der Waals surface area contributed by atoms with Crippen LogP contribution >= 0.6 is 23.4 Å². The molecule has 39 heavy (non-hydrogen) atoms. The molecule has 0 saturated carbocycles.